The second-order valence-corrected chi connectivity index (χ2v) is 6.79. The molecule has 0 bridgehead atoms. The topological polar surface area (TPSA) is 39.3 Å². The van der Waals surface area contributed by atoms with Crippen LogP contribution in [0.5, 0.6) is 0 Å². The van der Waals surface area contributed by atoms with Crippen LogP contribution >= 0.6 is 0 Å². The number of benzene rings is 1. The van der Waals surface area contributed by atoms with E-state index in [0.717, 1.165) is 36.7 Å². The number of rotatable bonds is 3. The van der Waals surface area contributed by atoms with E-state index in [9.17, 15) is 9.18 Å². The van der Waals surface area contributed by atoms with Crippen LogP contribution in [-0.4, -0.2) is 60.0 Å². The van der Waals surface area contributed by atoms with E-state index in [0.29, 0.717) is 25.3 Å². The Morgan fingerprint density at radius 2 is 2.23 bits per heavy atom. The number of fused-ring (bicyclic) bond motifs is 3. The van der Waals surface area contributed by atoms with E-state index in [4.69, 9.17) is 0 Å². The molecule has 0 atom stereocenters. The molecule has 2 aliphatic rings. The predicted molar refractivity (Wildman–Crippen MR) is 84.0 cm³/mol. The SMILES string of the molecule is CN1CC(F)(CN2CCc3c(ccc4[nH]c(C=O)cc34)C2)C1. The summed E-state index contributed by atoms with van der Waals surface area (Å²) in [7, 11) is 1.95. The molecule has 0 spiro atoms. The van der Waals surface area contributed by atoms with Crippen LogP contribution < -0.4 is 0 Å². The van der Waals surface area contributed by atoms with Crippen molar-refractivity contribution in [2.45, 2.75) is 18.6 Å². The van der Waals surface area contributed by atoms with Crippen LogP contribution in [0.15, 0.2) is 18.2 Å². The first-order valence-corrected chi connectivity index (χ1v) is 7.75. The third kappa shape index (κ3) is 2.25. The van der Waals surface area contributed by atoms with Crippen molar-refractivity contribution < 1.29 is 9.18 Å². The minimum atomic E-state index is -1.05. The number of nitrogens with zero attached hydrogens (tertiary/aromatic N) is 2. The summed E-state index contributed by atoms with van der Waals surface area (Å²) in [5.74, 6) is 0. The highest BCUT2D eigenvalue weighted by atomic mass is 19.1. The summed E-state index contributed by atoms with van der Waals surface area (Å²) in [6.07, 6.45) is 1.76. The number of likely N-dealkylation sites (tertiary alicyclic amines) is 1. The molecule has 2 aromatic rings. The molecule has 3 heterocycles. The second kappa shape index (κ2) is 4.89. The molecule has 0 radical (unpaired) electrons. The lowest BCUT2D eigenvalue weighted by Crippen LogP contribution is -2.62. The van der Waals surface area contributed by atoms with E-state index in [1.54, 1.807) is 0 Å². The normalized spacial score (nSPS) is 21.5. The number of H-pyrrole nitrogens is 1. The fraction of sp³-hybridized carbons (Fsp3) is 0.471. The first-order chi connectivity index (χ1) is 10.6. The Labute approximate surface area is 128 Å². The number of carbonyl (C=O) groups is 1. The van der Waals surface area contributed by atoms with E-state index < -0.39 is 5.67 Å². The van der Waals surface area contributed by atoms with Gasteiger partial charge in [-0.2, -0.15) is 0 Å². The zero-order chi connectivity index (χ0) is 15.3. The number of hydrogen-bond donors (Lipinski definition) is 1. The van der Waals surface area contributed by atoms with Gasteiger partial charge in [-0.15, -0.1) is 0 Å². The maximum absolute atomic E-state index is 14.5. The lowest BCUT2D eigenvalue weighted by Gasteiger charge is -2.45. The summed E-state index contributed by atoms with van der Waals surface area (Å²) in [6, 6.07) is 6.05. The van der Waals surface area contributed by atoms with Crippen molar-refractivity contribution in [3.63, 3.8) is 0 Å². The Morgan fingerprint density at radius 1 is 1.41 bits per heavy atom. The summed E-state index contributed by atoms with van der Waals surface area (Å²) in [6.45, 7) is 3.26. The highest BCUT2D eigenvalue weighted by molar-refractivity contribution is 5.91. The van der Waals surface area contributed by atoms with Crippen LogP contribution in [0.25, 0.3) is 10.9 Å². The fourth-order valence-corrected chi connectivity index (χ4v) is 3.98. The third-order valence-corrected chi connectivity index (χ3v) is 4.85. The molecule has 4 rings (SSSR count). The molecule has 1 aromatic carbocycles. The summed E-state index contributed by atoms with van der Waals surface area (Å²) >= 11 is 0. The van der Waals surface area contributed by atoms with E-state index in [-0.39, 0.29) is 0 Å². The smallest absolute Gasteiger partial charge is 0.166 e. The molecule has 1 N–H and O–H groups in total. The van der Waals surface area contributed by atoms with Gasteiger partial charge in [-0.3, -0.25) is 14.6 Å². The minimum Gasteiger partial charge on any atom is -0.352 e. The van der Waals surface area contributed by atoms with Crippen LogP contribution in [-0.2, 0) is 13.0 Å². The summed E-state index contributed by atoms with van der Waals surface area (Å²) in [4.78, 5) is 18.3. The molecule has 0 unspecified atom stereocenters. The van der Waals surface area contributed by atoms with Crippen molar-refractivity contribution in [2.75, 3.05) is 33.2 Å². The maximum Gasteiger partial charge on any atom is 0.166 e. The molecule has 0 aliphatic carbocycles. The zero-order valence-corrected chi connectivity index (χ0v) is 12.7. The van der Waals surface area contributed by atoms with Crippen LogP contribution in [0.4, 0.5) is 4.39 Å². The van der Waals surface area contributed by atoms with Gasteiger partial charge in [0.1, 0.15) is 5.67 Å². The van der Waals surface area contributed by atoms with Crippen molar-refractivity contribution in [1.82, 2.24) is 14.8 Å². The molecule has 1 saturated heterocycles. The summed E-state index contributed by atoms with van der Waals surface area (Å²) in [5, 5.41) is 1.14. The van der Waals surface area contributed by atoms with Crippen LogP contribution in [0, 0.1) is 0 Å². The monoisotopic (exact) mass is 301 g/mol. The van der Waals surface area contributed by atoms with Gasteiger partial charge < -0.3 is 4.98 Å². The van der Waals surface area contributed by atoms with Crippen LogP contribution in [0.2, 0.25) is 0 Å². The summed E-state index contributed by atoms with van der Waals surface area (Å²) < 4.78 is 14.5. The second-order valence-electron chi connectivity index (χ2n) is 6.79. The van der Waals surface area contributed by atoms with Crippen molar-refractivity contribution >= 4 is 17.2 Å². The van der Waals surface area contributed by atoms with Gasteiger partial charge in [0.05, 0.1) is 5.69 Å². The number of alkyl halides is 1. The fourth-order valence-electron chi connectivity index (χ4n) is 3.98. The predicted octanol–water partition coefficient (Wildman–Crippen LogP) is 1.99. The van der Waals surface area contributed by atoms with Crippen molar-refractivity contribution in [1.29, 1.82) is 0 Å². The number of aldehydes is 1. The Hall–Kier alpha value is -1.72. The highest BCUT2D eigenvalue weighted by Crippen LogP contribution is 2.31. The Kier molecular flexibility index (Phi) is 3.09. The quantitative estimate of drug-likeness (QED) is 0.881. The molecule has 4 nitrogen and oxygen atoms in total. The molecule has 1 aromatic heterocycles. The van der Waals surface area contributed by atoms with E-state index in [2.05, 4.69) is 16.0 Å². The number of nitrogens with one attached hydrogen (secondary N) is 1. The Bertz CT molecular complexity index is 733. The molecule has 22 heavy (non-hydrogen) atoms. The molecule has 1 fully saturated rings. The minimum absolute atomic E-state index is 0.515. The first kappa shape index (κ1) is 13.9. The standard InChI is InChI=1S/C17H20FN3O/c1-20-9-17(18,10-20)11-21-5-4-14-12(7-21)2-3-16-15(14)6-13(8-22)19-16/h2-3,6,8,19H,4-5,7,9-11H2,1H3. The number of halogens is 1. The molecule has 0 saturated carbocycles. The van der Waals surface area contributed by atoms with Crippen LogP contribution in [0.1, 0.15) is 21.6 Å². The number of aromatic nitrogens is 1. The van der Waals surface area contributed by atoms with Gasteiger partial charge in [-0.25, -0.2) is 4.39 Å². The third-order valence-electron chi connectivity index (χ3n) is 4.85. The zero-order valence-electron chi connectivity index (χ0n) is 12.7. The number of hydrogen-bond acceptors (Lipinski definition) is 3. The average Bonchev–Trinajstić information content (AvgIpc) is 2.89. The molecule has 2 aliphatic heterocycles. The van der Waals surface area contributed by atoms with Gasteiger partial charge in [0, 0.05) is 43.6 Å². The lowest BCUT2D eigenvalue weighted by atomic mass is 9.92. The highest BCUT2D eigenvalue weighted by Gasteiger charge is 2.43. The first-order valence-electron chi connectivity index (χ1n) is 7.75. The lowest BCUT2D eigenvalue weighted by molar-refractivity contribution is -0.0421. The number of carbonyl (C=O) groups excluding carboxylic acids is 1. The molecular weight excluding hydrogens is 281 g/mol. The maximum atomic E-state index is 14.5. The van der Waals surface area contributed by atoms with Gasteiger partial charge >= 0.3 is 0 Å². The molecule has 0 amide bonds. The van der Waals surface area contributed by atoms with Gasteiger partial charge in [-0.05, 0) is 36.7 Å². The van der Waals surface area contributed by atoms with Gasteiger partial charge in [0.25, 0.3) is 0 Å². The van der Waals surface area contributed by atoms with Crippen molar-refractivity contribution in [3.05, 3.63) is 35.0 Å². The van der Waals surface area contributed by atoms with E-state index in [1.807, 2.05) is 24.1 Å². The van der Waals surface area contributed by atoms with Gasteiger partial charge in [0.2, 0.25) is 0 Å². The Balaban J connectivity index is 1.57. The number of aromatic amines is 1. The summed E-state index contributed by atoms with van der Waals surface area (Å²) in [5.41, 5.74) is 3.14. The van der Waals surface area contributed by atoms with E-state index >= 15 is 0 Å². The van der Waals surface area contributed by atoms with Crippen molar-refractivity contribution in [3.8, 4) is 0 Å². The van der Waals surface area contributed by atoms with Crippen molar-refractivity contribution in [2.24, 2.45) is 0 Å². The van der Waals surface area contributed by atoms with E-state index in [1.165, 1.54) is 11.1 Å². The molecular formula is C17H20FN3O. The largest absolute Gasteiger partial charge is 0.352 e. The molecule has 5 heteroatoms. The van der Waals surface area contributed by atoms with Gasteiger partial charge in [0.15, 0.2) is 6.29 Å². The Morgan fingerprint density at radius 3 is 2.95 bits per heavy atom. The van der Waals surface area contributed by atoms with Crippen LogP contribution in [0.3, 0.4) is 0 Å². The average molecular weight is 301 g/mol. The molecule has 116 valence electrons. The van der Waals surface area contributed by atoms with Gasteiger partial charge in [-0.1, -0.05) is 6.07 Å².